The average molecular weight is 252 g/mol. The molecule has 0 aromatic heterocycles. The molecule has 0 saturated carbocycles. The Kier molecular flexibility index (Phi) is 3.30. The van der Waals surface area contributed by atoms with Crippen molar-refractivity contribution in [2.75, 3.05) is 0 Å². The van der Waals surface area contributed by atoms with Crippen molar-refractivity contribution < 1.29 is 0 Å². The molecule has 0 nitrogen and oxygen atoms in total. The SMILES string of the molecule is Cc1ccc(P(C2C=CC=C2)C2C=CC=C2)cc1. The molecule has 2 aliphatic rings. The molecule has 1 heteroatoms. The summed E-state index contributed by atoms with van der Waals surface area (Å²) in [6.07, 6.45) is 18.1. The lowest BCUT2D eigenvalue weighted by atomic mass is 10.2. The summed E-state index contributed by atoms with van der Waals surface area (Å²) in [7, 11) is -0.218. The minimum atomic E-state index is -0.218. The lowest BCUT2D eigenvalue weighted by Gasteiger charge is -2.26. The maximum absolute atomic E-state index is 2.34. The smallest absolute Gasteiger partial charge is 0.0205 e. The first-order valence-corrected chi connectivity index (χ1v) is 7.87. The monoisotopic (exact) mass is 252 g/mol. The van der Waals surface area contributed by atoms with Crippen LogP contribution in [-0.2, 0) is 0 Å². The molecule has 1 aromatic carbocycles. The molecule has 0 saturated heterocycles. The van der Waals surface area contributed by atoms with Crippen LogP contribution in [0.1, 0.15) is 5.56 Å². The third kappa shape index (κ3) is 2.26. The second-order valence-electron chi connectivity index (χ2n) is 4.76. The second-order valence-corrected chi connectivity index (χ2v) is 7.29. The standard InChI is InChI=1S/C17H17P/c1-14-10-12-17(13-11-14)18(15-6-2-3-7-15)16-8-4-5-9-16/h2-13,15-16H,1H3. The summed E-state index contributed by atoms with van der Waals surface area (Å²) in [6, 6.07) is 9.08. The molecular formula is C17H17P. The summed E-state index contributed by atoms with van der Waals surface area (Å²) in [5.74, 6) is 0. The molecule has 0 N–H and O–H groups in total. The summed E-state index contributed by atoms with van der Waals surface area (Å²) in [5.41, 5.74) is 2.50. The van der Waals surface area contributed by atoms with Crippen molar-refractivity contribution >= 4 is 13.2 Å². The number of aryl methyl sites for hydroxylation is 1. The van der Waals surface area contributed by atoms with Crippen LogP contribution in [0.4, 0.5) is 0 Å². The summed E-state index contributed by atoms with van der Waals surface area (Å²) in [4.78, 5) is 0. The van der Waals surface area contributed by atoms with Crippen LogP contribution in [0.3, 0.4) is 0 Å². The lowest BCUT2D eigenvalue weighted by molar-refractivity contribution is 1.34. The fourth-order valence-corrected chi connectivity index (χ4v) is 5.19. The molecule has 0 radical (unpaired) electrons. The van der Waals surface area contributed by atoms with E-state index >= 15 is 0 Å². The molecule has 0 bridgehead atoms. The van der Waals surface area contributed by atoms with E-state index in [2.05, 4.69) is 79.8 Å². The van der Waals surface area contributed by atoms with E-state index in [0.717, 1.165) is 0 Å². The molecule has 18 heavy (non-hydrogen) atoms. The molecule has 90 valence electrons. The van der Waals surface area contributed by atoms with Crippen LogP contribution in [-0.4, -0.2) is 11.3 Å². The maximum atomic E-state index is 2.34. The Morgan fingerprint density at radius 3 is 1.61 bits per heavy atom. The zero-order valence-corrected chi connectivity index (χ0v) is 11.4. The first-order valence-electron chi connectivity index (χ1n) is 6.39. The van der Waals surface area contributed by atoms with Gasteiger partial charge in [0, 0.05) is 11.3 Å². The molecule has 0 spiro atoms. The topological polar surface area (TPSA) is 0 Å². The van der Waals surface area contributed by atoms with E-state index in [1.165, 1.54) is 10.9 Å². The van der Waals surface area contributed by atoms with Crippen LogP contribution in [0, 0.1) is 6.92 Å². The van der Waals surface area contributed by atoms with Crippen LogP contribution in [0.15, 0.2) is 72.9 Å². The highest BCUT2D eigenvalue weighted by atomic mass is 31.1. The average Bonchev–Trinajstić information content (AvgIpc) is 3.06. The van der Waals surface area contributed by atoms with Gasteiger partial charge in [0.1, 0.15) is 0 Å². The molecule has 0 atom stereocenters. The van der Waals surface area contributed by atoms with Gasteiger partial charge in [-0.1, -0.05) is 86.4 Å². The molecule has 0 heterocycles. The van der Waals surface area contributed by atoms with Crippen molar-refractivity contribution in [1.29, 1.82) is 0 Å². The van der Waals surface area contributed by atoms with E-state index in [-0.39, 0.29) is 7.92 Å². The molecule has 0 unspecified atom stereocenters. The Morgan fingerprint density at radius 2 is 1.17 bits per heavy atom. The van der Waals surface area contributed by atoms with Gasteiger partial charge in [-0.2, -0.15) is 0 Å². The van der Waals surface area contributed by atoms with E-state index in [1.807, 2.05) is 0 Å². The minimum Gasteiger partial charge on any atom is -0.0730 e. The third-order valence-electron chi connectivity index (χ3n) is 3.43. The van der Waals surface area contributed by atoms with Crippen LogP contribution in [0.25, 0.3) is 0 Å². The van der Waals surface area contributed by atoms with Crippen molar-refractivity contribution in [3.8, 4) is 0 Å². The molecule has 0 fully saturated rings. The predicted molar refractivity (Wildman–Crippen MR) is 81.9 cm³/mol. The molecule has 2 aliphatic carbocycles. The normalized spacial score (nSPS) is 18.6. The van der Waals surface area contributed by atoms with Crippen molar-refractivity contribution in [2.45, 2.75) is 18.2 Å². The van der Waals surface area contributed by atoms with E-state index in [1.54, 1.807) is 0 Å². The zero-order valence-electron chi connectivity index (χ0n) is 10.5. The van der Waals surface area contributed by atoms with Gasteiger partial charge in [-0.15, -0.1) is 0 Å². The van der Waals surface area contributed by atoms with Gasteiger partial charge >= 0.3 is 0 Å². The molecule has 3 rings (SSSR count). The quantitative estimate of drug-likeness (QED) is 0.711. The van der Waals surface area contributed by atoms with E-state index in [4.69, 9.17) is 0 Å². The van der Waals surface area contributed by atoms with Gasteiger partial charge in [-0.05, 0) is 12.2 Å². The van der Waals surface area contributed by atoms with E-state index < -0.39 is 0 Å². The number of allylic oxidation sites excluding steroid dienone is 8. The van der Waals surface area contributed by atoms with Gasteiger partial charge in [-0.25, -0.2) is 0 Å². The van der Waals surface area contributed by atoms with Crippen molar-refractivity contribution in [2.24, 2.45) is 0 Å². The zero-order chi connectivity index (χ0) is 12.4. The highest BCUT2D eigenvalue weighted by Gasteiger charge is 2.26. The highest BCUT2D eigenvalue weighted by molar-refractivity contribution is 7.67. The number of benzene rings is 1. The fraction of sp³-hybridized carbons (Fsp3) is 0.176. The van der Waals surface area contributed by atoms with Crippen molar-refractivity contribution in [1.82, 2.24) is 0 Å². The Hall–Kier alpha value is -1.39. The van der Waals surface area contributed by atoms with Gasteiger partial charge in [0.15, 0.2) is 0 Å². The van der Waals surface area contributed by atoms with Gasteiger partial charge in [-0.3, -0.25) is 0 Å². The first kappa shape index (κ1) is 11.7. The third-order valence-corrected chi connectivity index (χ3v) is 6.30. The molecule has 1 aromatic rings. The Balaban J connectivity index is 1.96. The molecule has 0 amide bonds. The highest BCUT2D eigenvalue weighted by Crippen LogP contribution is 2.49. The van der Waals surface area contributed by atoms with Crippen LogP contribution in [0.2, 0.25) is 0 Å². The van der Waals surface area contributed by atoms with Crippen LogP contribution < -0.4 is 5.30 Å². The molecular weight excluding hydrogens is 235 g/mol. The fourth-order valence-electron chi connectivity index (χ4n) is 2.47. The lowest BCUT2D eigenvalue weighted by Crippen LogP contribution is -2.16. The summed E-state index contributed by atoms with van der Waals surface area (Å²) < 4.78 is 0. The van der Waals surface area contributed by atoms with Gasteiger partial charge in [0.2, 0.25) is 0 Å². The summed E-state index contributed by atoms with van der Waals surface area (Å²) >= 11 is 0. The predicted octanol–water partition coefficient (Wildman–Crippen LogP) is 4.09. The van der Waals surface area contributed by atoms with Crippen LogP contribution >= 0.6 is 7.92 Å². The van der Waals surface area contributed by atoms with Crippen LogP contribution in [0.5, 0.6) is 0 Å². The largest absolute Gasteiger partial charge is 0.0730 e. The van der Waals surface area contributed by atoms with Crippen molar-refractivity contribution in [3.63, 3.8) is 0 Å². The van der Waals surface area contributed by atoms with Gasteiger partial charge in [0.05, 0.1) is 0 Å². The Morgan fingerprint density at radius 1 is 0.722 bits per heavy atom. The van der Waals surface area contributed by atoms with E-state index in [0.29, 0.717) is 11.3 Å². The van der Waals surface area contributed by atoms with Gasteiger partial charge < -0.3 is 0 Å². The first-order chi connectivity index (χ1) is 8.84. The minimum absolute atomic E-state index is 0.218. The second kappa shape index (κ2) is 5.08. The maximum Gasteiger partial charge on any atom is 0.0205 e. The summed E-state index contributed by atoms with van der Waals surface area (Å²) in [6.45, 7) is 2.15. The molecule has 0 aliphatic heterocycles. The number of hydrogen-bond acceptors (Lipinski definition) is 0. The Bertz CT molecular complexity index is 479. The number of hydrogen-bond donors (Lipinski definition) is 0. The van der Waals surface area contributed by atoms with E-state index in [9.17, 15) is 0 Å². The van der Waals surface area contributed by atoms with Crippen molar-refractivity contribution in [3.05, 3.63) is 78.4 Å². The van der Waals surface area contributed by atoms with Gasteiger partial charge in [0.25, 0.3) is 0 Å². The Labute approximate surface area is 110 Å². The summed E-state index contributed by atoms with van der Waals surface area (Å²) in [5, 5.41) is 1.50. The number of rotatable bonds is 3.